The molecule has 0 atom stereocenters. The smallest absolute Gasteiger partial charge is 0.225 e. The Balaban J connectivity index is 0.00000289. The van der Waals surface area contributed by atoms with Crippen molar-refractivity contribution < 1.29 is 0 Å². The molecule has 0 radical (unpaired) electrons. The number of nitrogens with one attached hydrogen (secondary N) is 1. The van der Waals surface area contributed by atoms with Crippen molar-refractivity contribution >= 4 is 35.9 Å². The van der Waals surface area contributed by atoms with E-state index in [4.69, 9.17) is 4.99 Å². The van der Waals surface area contributed by atoms with Crippen LogP contribution in [0.15, 0.2) is 84.1 Å². The molecule has 0 aliphatic carbocycles. The lowest BCUT2D eigenvalue weighted by atomic mass is 9.91. The second-order valence-corrected chi connectivity index (χ2v) is 7.59. The topological polar surface area (TPSA) is 56.7 Å². The molecule has 2 heterocycles. The lowest BCUT2D eigenvalue weighted by Gasteiger charge is -2.36. The lowest BCUT2D eigenvalue weighted by molar-refractivity contribution is 0.370. The molecular weight excluding hydrogens is 511 g/mol. The van der Waals surface area contributed by atoms with Gasteiger partial charge in [-0.2, -0.15) is 0 Å². The maximum absolute atomic E-state index is 5.07. The van der Waals surface area contributed by atoms with Crippen molar-refractivity contribution in [2.45, 2.75) is 12.8 Å². The zero-order valence-electron chi connectivity index (χ0n) is 18.5. The van der Waals surface area contributed by atoms with E-state index < -0.39 is 0 Å². The summed E-state index contributed by atoms with van der Waals surface area (Å²) < 4.78 is 0. The van der Waals surface area contributed by atoms with Crippen LogP contribution in [0.5, 0.6) is 0 Å². The Hall–Kier alpha value is -2.68. The van der Waals surface area contributed by atoms with Crippen molar-refractivity contribution in [3.05, 3.63) is 90.3 Å². The fraction of sp³-hybridized carbons (Fsp3) is 0.320. The minimum Gasteiger partial charge on any atom is -0.357 e. The van der Waals surface area contributed by atoms with Crippen LogP contribution in [0, 0.1) is 0 Å². The van der Waals surface area contributed by atoms with E-state index in [0.717, 1.165) is 44.6 Å². The van der Waals surface area contributed by atoms with Gasteiger partial charge in [0.2, 0.25) is 5.95 Å². The standard InChI is InChI=1S/C25H30N6.HI/c1-2-26-24(30-16-18-31(19-17-30)25-27-14-9-15-28-25)29-20-23(21-10-5-3-6-11-21)22-12-7-4-8-13-22;/h3-15,23H,2,16-20H2,1H3,(H,26,29);1H. The fourth-order valence-electron chi connectivity index (χ4n) is 3.95. The Morgan fingerprint density at radius 1 is 0.875 bits per heavy atom. The van der Waals surface area contributed by atoms with Crippen LogP contribution in [0.1, 0.15) is 24.0 Å². The third-order valence-corrected chi connectivity index (χ3v) is 5.58. The number of nitrogens with zero attached hydrogens (tertiary/aromatic N) is 5. The van der Waals surface area contributed by atoms with Crippen molar-refractivity contribution in [1.82, 2.24) is 20.2 Å². The average molecular weight is 542 g/mol. The lowest BCUT2D eigenvalue weighted by Crippen LogP contribution is -2.53. The molecule has 0 bridgehead atoms. The van der Waals surface area contributed by atoms with Crippen molar-refractivity contribution in [1.29, 1.82) is 0 Å². The summed E-state index contributed by atoms with van der Waals surface area (Å²) in [4.78, 5) is 18.4. The molecule has 1 aromatic heterocycles. The van der Waals surface area contributed by atoms with Crippen LogP contribution in [-0.4, -0.2) is 60.1 Å². The highest BCUT2D eigenvalue weighted by Crippen LogP contribution is 2.25. The van der Waals surface area contributed by atoms with Gasteiger partial charge in [0.15, 0.2) is 5.96 Å². The molecule has 1 aliphatic heterocycles. The highest BCUT2D eigenvalue weighted by molar-refractivity contribution is 14.0. The van der Waals surface area contributed by atoms with Crippen molar-refractivity contribution in [3.63, 3.8) is 0 Å². The summed E-state index contributed by atoms with van der Waals surface area (Å²) in [5.74, 6) is 2.01. The van der Waals surface area contributed by atoms with Gasteiger partial charge in [0, 0.05) is 51.0 Å². The van der Waals surface area contributed by atoms with Gasteiger partial charge in [-0.05, 0) is 24.1 Å². The fourth-order valence-corrected chi connectivity index (χ4v) is 3.95. The molecule has 168 valence electrons. The van der Waals surface area contributed by atoms with Crippen LogP contribution < -0.4 is 10.2 Å². The highest BCUT2D eigenvalue weighted by atomic mass is 127. The SMILES string of the molecule is CCNC(=NCC(c1ccccc1)c1ccccc1)N1CCN(c2ncccn2)CC1.I. The third kappa shape index (κ3) is 6.18. The zero-order chi connectivity index (χ0) is 21.3. The Morgan fingerprint density at radius 3 is 1.97 bits per heavy atom. The van der Waals surface area contributed by atoms with Gasteiger partial charge in [-0.1, -0.05) is 60.7 Å². The van der Waals surface area contributed by atoms with Gasteiger partial charge in [0.1, 0.15) is 0 Å². The number of aliphatic imine (C=N–C) groups is 1. The molecule has 3 aromatic rings. The third-order valence-electron chi connectivity index (χ3n) is 5.58. The van der Waals surface area contributed by atoms with Crippen LogP contribution in [0.4, 0.5) is 5.95 Å². The number of halogens is 1. The van der Waals surface area contributed by atoms with Gasteiger partial charge in [-0.3, -0.25) is 4.99 Å². The molecule has 7 heteroatoms. The molecule has 1 fully saturated rings. The Bertz CT molecular complexity index is 904. The molecule has 0 amide bonds. The second kappa shape index (κ2) is 12.4. The number of anilines is 1. The molecule has 1 saturated heterocycles. The summed E-state index contributed by atoms with van der Waals surface area (Å²) in [5, 5.41) is 3.49. The maximum atomic E-state index is 5.07. The van der Waals surface area contributed by atoms with E-state index >= 15 is 0 Å². The summed E-state index contributed by atoms with van der Waals surface area (Å²) in [6.07, 6.45) is 3.60. The minimum atomic E-state index is 0. The first-order valence-corrected chi connectivity index (χ1v) is 11.0. The number of piperazine rings is 1. The predicted molar refractivity (Wildman–Crippen MR) is 142 cm³/mol. The van der Waals surface area contributed by atoms with Crippen LogP contribution in [0.2, 0.25) is 0 Å². The molecule has 2 aromatic carbocycles. The minimum absolute atomic E-state index is 0. The number of aromatic nitrogens is 2. The summed E-state index contributed by atoms with van der Waals surface area (Å²) in [7, 11) is 0. The van der Waals surface area contributed by atoms with Gasteiger partial charge in [0.05, 0.1) is 6.54 Å². The second-order valence-electron chi connectivity index (χ2n) is 7.59. The first-order chi connectivity index (χ1) is 15.3. The zero-order valence-corrected chi connectivity index (χ0v) is 20.8. The van der Waals surface area contributed by atoms with Crippen LogP contribution >= 0.6 is 24.0 Å². The first-order valence-electron chi connectivity index (χ1n) is 11.0. The number of hydrogen-bond acceptors (Lipinski definition) is 4. The van der Waals surface area contributed by atoms with Gasteiger partial charge in [-0.15, -0.1) is 24.0 Å². The van der Waals surface area contributed by atoms with Gasteiger partial charge < -0.3 is 15.1 Å². The van der Waals surface area contributed by atoms with E-state index in [1.165, 1.54) is 11.1 Å². The van der Waals surface area contributed by atoms with Gasteiger partial charge >= 0.3 is 0 Å². The largest absolute Gasteiger partial charge is 0.357 e. The van der Waals surface area contributed by atoms with E-state index in [-0.39, 0.29) is 29.9 Å². The average Bonchev–Trinajstić information content (AvgIpc) is 2.85. The summed E-state index contributed by atoms with van der Waals surface area (Å²) >= 11 is 0. The van der Waals surface area contributed by atoms with Crippen LogP contribution in [-0.2, 0) is 0 Å². The van der Waals surface area contributed by atoms with E-state index in [9.17, 15) is 0 Å². The van der Waals surface area contributed by atoms with E-state index in [2.05, 4.69) is 92.7 Å². The summed E-state index contributed by atoms with van der Waals surface area (Å²) in [5.41, 5.74) is 2.58. The number of guanidine groups is 1. The molecule has 6 nitrogen and oxygen atoms in total. The number of hydrogen-bond donors (Lipinski definition) is 1. The predicted octanol–water partition coefficient (Wildman–Crippen LogP) is 4.01. The molecule has 0 spiro atoms. The Morgan fingerprint density at radius 2 is 1.44 bits per heavy atom. The van der Waals surface area contributed by atoms with E-state index in [0.29, 0.717) is 6.54 Å². The Kier molecular flexibility index (Phi) is 9.27. The van der Waals surface area contributed by atoms with Crippen LogP contribution in [0.25, 0.3) is 0 Å². The molecule has 0 saturated carbocycles. The molecule has 32 heavy (non-hydrogen) atoms. The molecule has 4 rings (SSSR count). The molecule has 1 aliphatic rings. The molecule has 1 N–H and O–H groups in total. The molecular formula is C25H31IN6. The summed E-state index contributed by atoms with van der Waals surface area (Å²) in [6, 6.07) is 23.2. The normalized spacial score (nSPS) is 14.2. The summed E-state index contributed by atoms with van der Waals surface area (Å²) in [6.45, 7) is 7.23. The van der Waals surface area contributed by atoms with Crippen molar-refractivity contribution in [2.24, 2.45) is 4.99 Å². The Labute approximate surface area is 207 Å². The van der Waals surface area contributed by atoms with Gasteiger partial charge in [-0.25, -0.2) is 9.97 Å². The van der Waals surface area contributed by atoms with E-state index in [1.54, 1.807) is 12.4 Å². The first kappa shape index (κ1) is 24.0. The van der Waals surface area contributed by atoms with E-state index in [1.807, 2.05) is 6.07 Å². The number of benzene rings is 2. The van der Waals surface area contributed by atoms with Crippen LogP contribution in [0.3, 0.4) is 0 Å². The quantitative estimate of drug-likeness (QED) is 0.290. The number of rotatable bonds is 6. The van der Waals surface area contributed by atoms with Gasteiger partial charge in [0.25, 0.3) is 0 Å². The highest BCUT2D eigenvalue weighted by Gasteiger charge is 2.22. The molecule has 0 unspecified atom stereocenters. The monoisotopic (exact) mass is 542 g/mol. The van der Waals surface area contributed by atoms with Crippen molar-refractivity contribution in [2.75, 3.05) is 44.2 Å². The maximum Gasteiger partial charge on any atom is 0.225 e. The van der Waals surface area contributed by atoms with Crippen molar-refractivity contribution in [3.8, 4) is 0 Å².